The standard InChI is InChI=1S/C23H28N4O3/c1-2-24-20(28)18-10-12-19(13-11-18)26-21(29)23(14-6-7-15-23)27-22(30)25-16-17-8-4-3-5-9-17/h3-5,8-13H,2,6-7,14-16H2,1H3,(H,24,28)(H,26,29)(H2,25,27,30). The molecule has 0 atom stereocenters. The number of urea groups is 1. The van der Waals surface area contributed by atoms with Crippen LogP contribution >= 0.6 is 0 Å². The Morgan fingerprint density at radius 3 is 2.20 bits per heavy atom. The van der Waals surface area contributed by atoms with E-state index in [4.69, 9.17) is 0 Å². The maximum Gasteiger partial charge on any atom is 0.315 e. The number of carbonyl (C=O) groups is 3. The first kappa shape index (κ1) is 21.4. The Morgan fingerprint density at radius 1 is 0.900 bits per heavy atom. The first-order chi connectivity index (χ1) is 14.5. The molecule has 0 bridgehead atoms. The number of hydrogen-bond acceptors (Lipinski definition) is 3. The molecule has 0 saturated heterocycles. The van der Waals surface area contributed by atoms with E-state index in [2.05, 4.69) is 21.3 Å². The summed E-state index contributed by atoms with van der Waals surface area (Å²) in [6.07, 6.45) is 2.94. The van der Waals surface area contributed by atoms with Gasteiger partial charge in [0.25, 0.3) is 5.91 Å². The fourth-order valence-electron chi connectivity index (χ4n) is 3.65. The van der Waals surface area contributed by atoms with Crippen LogP contribution < -0.4 is 21.3 Å². The summed E-state index contributed by atoms with van der Waals surface area (Å²) in [4.78, 5) is 37.4. The van der Waals surface area contributed by atoms with Gasteiger partial charge in [0.1, 0.15) is 5.54 Å². The Balaban J connectivity index is 1.61. The van der Waals surface area contributed by atoms with E-state index < -0.39 is 5.54 Å². The average Bonchev–Trinajstić information content (AvgIpc) is 3.23. The minimum Gasteiger partial charge on any atom is -0.352 e. The maximum absolute atomic E-state index is 13.0. The molecule has 0 aliphatic heterocycles. The molecule has 2 aromatic carbocycles. The lowest BCUT2D eigenvalue weighted by molar-refractivity contribution is -0.121. The van der Waals surface area contributed by atoms with E-state index in [1.807, 2.05) is 37.3 Å². The maximum atomic E-state index is 13.0. The summed E-state index contributed by atoms with van der Waals surface area (Å²) in [6, 6.07) is 16.0. The van der Waals surface area contributed by atoms with E-state index >= 15 is 0 Å². The van der Waals surface area contributed by atoms with Gasteiger partial charge in [-0.15, -0.1) is 0 Å². The zero-order valence-electron chi connectivity index (χ0n) is 17.2. The van der Waals surface area contributed by atoms with Crippen molar-refractivity contribution in [1.82, 2.24) is 16.0 Å². The molecular weight excluding hydrogens is 380 g/mol. The number of carbonyl (C=O) groups excluding carboxylic acids is 3. The van der Waals surface area contributed by atoms with Crippen molar-refractivity contribution in [2.24, 2.45) is 0 Å². The first-order valence-electron chi connectivity index (χ1n) is 10.3. The number of hydrogen-bond donors (Lipinski definition) is 4. The molecule has 0 aromatic heterocycles. The fraction of sp³-hybridized carbons (Fsp3) is 0.348. The Morgan fingerprint density at radius 2 is 1.57 bits per heavy atom. The highest BCUT2D eigenvalue weighted by molar-refractivity contribution is 6.01. The lowest BCUT2D eigenvalue weighted by Gasteiger charge is -2.29. The smallest absolute Gasteiger partial charge is 0.315 e. The van der Waals surface area contributed by atoms with Crippen LogP contribution in [0.2, 0.25) is 0 Å². The molecule has 2 aromatic rings. The number of amides is 4. The molecular formula is C23H28N4O3. The minimum absolute atomic E-state index is 0.153. The van der Waals surface area contributed by atoms with Gasteiger partial charge in [-0.1, -0.05) is 43.2 Å². The Hall–Kier alpha value is -3.35. The summed E-state index contributed by atoms with van der Waals surface area (Å²) >= 11 is 0. The van der Waals surface area contributed by atoms with Crippen molar-refractivity contribution in [3.63, 3.8) is 0 Å². The number of anilines is 1. The molecule has 4 amide bonds. The highest BCUT2D eigenvalue weighted by Crippen LogP contribution is 2.31. The van der Waals surface area contributed by atoms with Crippen LogP contribution in [0.15, 0.2) is 54.6 Å². The summed E-state index contributed by atoms with van der Waals surface area (Å²) in [6.45, 7) is 2.81. The van der Waals surface area contributed by atoms with Crippen LogP contribution in [0.3, 0.4) is 0 Å². The van der Waals surface area contributed by atoms with Crippen LogP contribution in [0.1, 0.15) is 48.5 Å². The Labute approximate surface area is 176 Å². The van der Waals surface area contributed by atoms with E-state index in [1.165, 1.54) is 0 Å². The predicted molar refractivity (Wildman–Crippen MR) is 116 cm³/mol. The van der Waals surface area contributed by atoms with Crippen molar-refractivity contribution in [3.05, 3.63) is 65.7 Å². The van der Waals surface area contributed by atoms with E-state index in [0.29, 0.717) is 37.2 Å². The second-order valence-electron chi connectivity index (χ2n) is 7.47. The van der Waals surface area contributed by atoms with Gasteiger partial charge in [-0.05, 0) is 49.6 Å². The molecule has 4 N–H and O–H groups in total. The molecule has 1 saturated carbocycles. The summed E-state index contributed by atoms with van der Waals surface area (Å²) < 4.78 is 0. The third-order valence-electron chi connectivity index (χ3n) is 5.28. The van der Waals surface area contributed by atoms with Crippen molar-refractivity contribution in [1.29, 1.82) is 0 Å². The number of benzene rings is 2. The van der Waals surface area contributed by atoms with Crippen LogP contribution in [-0.4, -0.2) is 29.9 Å². The van der Waals surface area contributed by atoms with Crippen molar-refractivity contribution < 1.29 is 14.4 Å². The lowest BCUT2D eigenvalue weighted by atomic mass is 9.96. The second kappa shape index (κ2) is 9.91. The zero-order chi connectivity index (χ0) is 21.4. The van der Waals surface area contributed by atoms with Crippen LogP contribution in [0, 0.1) is 0 Å². The molecule has 1 aliphatic rings. The lowest BCUT2D eigenvalue weighted by Crippen LogP contribution is -2.57. The van der Waals surface area contributed by atoms with Crippen LogP contribution in [0.4, 0.5) is 10.5 Å². The van der Waals surface area contributed by atoms with Gasteiger partial charge in [-0.2, -0.15) is 0 Å². The van der Waals surface area contributed by atoms with Crippen LogP contribution in [0.5, 0.6) is 0 Å². The van der Waals surface area contributed by atoms with Gasteiger partial charge < -0.3 is 21.3 Å². The van der Waals surface area contributed by atoms with E-state index in [-0.39, 0.29) is 17.8 Å². The highest BCUT2D eigenvalue weighted by Gasteiger charge is 2.42. The van der Waals surface area contributed by atoms with Gasteiger partial charge in [-0.25, -0.2) is 4.79 Å². The summed E-state index contributed by atoms with van der Waals surface area (Å²) in [5.41, 5.74) is 1.18. The number of rotatable bonds is 7. The highest BCUT2D eigenvalue weighted by atomic mass is 16.2. The topological polar surface area (TPSA) is 99.3 Å². The van der Waals surface area contributed by atoms with Crippen molar-refractivity contribution in [3.8, 4) is 0 Å². The van der Waals surface area contributed by atoms with Gasteiger partial charge >= 0.3 is 6.03 Å². The zero-order valence-corrected chi connectivity index (χ0v) is 17.2. The van der Waals surface area contributed by atoms with Crippen molar-refractivity contribution in [2.45, 2.75) is 44.7 Å². The fourth-order valence-corrected chi connectivity index (χ4v) is 3.65. The predicted octanol–water partition coefficient (Wildman–Crippen LogP) is 3.19. The molecule has 0 spiro atoms. The summed E-state index contributed by atoms with van der Waals surface area (Å²) in [5, 5.41) is 11.4. The van der Waals surface area contributed by atoms with Crippen LogP contribution in [-0.2, 0) is 11.3 Å². The first-order valence-corrected chi connectivity index (χ1v) is 10.3. The van der Waals surface area contributed by atoms with Gasteiger partial charge in [0.05, 0.1) is 0 Å². The van der Waals surface area contributed by atoms with Gasteiger partial charge in [-0.3, -0.25) is 9.59 Å². The van der Waals surface area contributed by atoms with Gasteiger partial charge in [0.2, 0.25) is 5.91 Å². The molecule has 0 unspecified atom stereocenters. The van der Waals surface area contributed by atoms with E-state index in [9.17, 15) is 14.4 Å². The average molecular weight is 409 g/mol. The Bertz CT molecular complexity index is 875. The van der Waals surface area contributed by atoms with Gasteiger partial charge in [0.15, 0.2) is 0 Å². The van der Waals surface area contributed by atoms with E-state index in [0.717, 1.165) is 18.4 Å². The molecule has 7 heteroatoms. The molecule has 30 heavy (non-hydrogen) atoms. The monoisotopic (exact) mass is 408 g/mol. The van der Waals surface area contributed by atoms with Crippen LogP contribution in [0.25, 0.3) is 0 Å². The molecule has 1 aliphatic carbocycles. The summed E-state index contributed by atoms with van der Waals surface area (Å²) in [7, 11) is 0. The van der Waals surface area contributed by atoms with E-state index in [1.54, 1.807) is 24.3 Å². The van der Waals surface area contributed by atoms with Crippen molar-refractivity contribution >= 4 is 23.5 Å². The molecule has 0 radical (unpaired) electrons. The minimum atomic E-state index is -0.932. The molecule has 7 nitrogen and oxygen atoms in total. The molecule has 158 valence electrons. The molecule has 1 fully saturated rings. The third-order valence-corrected chi connectivity index (χ3v) is 5.28. The SMILES string of the molecule is CCNC(=O)c1ccc(NC(=O)C2(NC(=O)NCc3ccccc3)CCCC2)cc1. The van der Waals surface area contributed by atoms with Gasteiger partial charge in [0, 0.05) is 24.3 Å². The third kappa shape index (κ3) is 5.37. The second-order valence-corrected chi connectivity index (χ2v) is 7.47. The van der Waals surface area contributed by atoms with Crippen molar-refractivity contribution in [2.75, 3.05) is 11.9 Å². The normalized spacial score (nSPS) is 14.6. The summed E-state index contributed by atoms with van der Waals surface area (Å²) in [5.74, 6) is -0.389. The number of nitrogens with one attached hydrogen (secondary N) is 4. The quantitative estimate of drug-likeness (QED) is 0.566. The molecule has 0 heterocycles. The largest absolute Gasteiger partial charge is 0.352 e. The molecule has 3 rings (SSSR count). The Kier molecular flexibility index (Phi) is 7.06.